The van der Waals surface area contributed by atoms with E-state index in [9.17, 15) is 0 Å². The molecule has 0 bridgehead atoms. The van der Waals surface area contributed by atoms with Crippen LogP contribution < -0.4 is 5.32 Å². The fraction of sp³-hybridized carbons (Fsp3) is 0.688. The van der Waals surface area contributed by atoms with Gasteiger partial charge in [-0.15, -0.1) is 0 Å². The summed E-state index contributed by atoms with van der Waals surface area (Å²) in [5, 5.41) is 3.68. The maximum absolute atomic E-state index is 5.48. The highest BCUT2D eigenvalue weighted by Gasteiger charge is 2.29. The maximum atomic E-state index is 5.48. The second kappa shape index (κ2) is 7.16. The molecule has 2 fully saturated rings. The van der Waals surface area contributed by atoms with E-state index >= 15 is 0 Å². The van der Waals surface area contributed by atoms with E-state index in [1.807, 2.05) is 18.5 Å². The predicted molar refractivity (Wildman–Crippen MR) is 79.9 cm³/mol. The van der Waals surface area contributed by atoms with Crippen molar-refractivity contribution in [1.29, 1.82) is 0 Å². The summed E-state index contributed by atoms with van der Waals surface area (Å²) >= 11 is 0. The molecule has 1 aromatic heterocycles. The SMILES string of the molecule is c1cncc(C2CC(NCCN3CCCOCC3)C2)c1. The minimum atomic E-state index is 0.698. The summed E-state index contributed by atoms with van der Waals surface area (Å²) in [5.74, 6) is 0.716. The van der Waals surface area contributed by atoms with Crippen molar-refractivity contribution >= 4 is 0 Å². The van der Waals surface area contributed by atoms with Gasteiger partial charge in [0.05, 0.1) is 6.61 Å². The van der Waals surface area contributed by atoms with Crippen molar-refractivity contribution in [2.45, 2.75) is 31.2 Å². The molecular weight excluding hydrogens is 250 g/mol. The van der Waals surface area contributed by atoms with Crippen LogP contribution in [0.3, 0.4) is 0 Å². The molecule has 4 heteroatoms. The lowest BCUT2D eigenvalue weighted by Crippen LogP contribution is -2.44. The molecule has 1 saturated heterocycles. The van der Waals surface area contributed by atoms with Crippen LogP contribution in [0.2, 0.25) is 0 Å². The maximum Gasteiger partial charge on any atom is 0.0593 e. The van der Waals surface area contributed by atoms with E-state index in [1.54, 1.807) is 0 Å². The van der Waals surface area contributed by atoms with Gasteiger partial charge in [0.2, 0.25) is 0 Å². The van der Waals surface area contributed by atoms with E-state index < -0.39 is 0 Å². The first-order valence-corrected chi connectivity index (χ1v) is 7.85. The second-order valence-corrected chi connectivity index (χ2v) is 5.91. The van der Waals surface area contributed by atoms with Gasteiger partial charge in [-0.2, -0.15) is 0 Å². The van der Waals surface area contributed by atoms with Gasteiger partial charge in [0.15, 0.2) is 0 Å². The van der Waals surface area contributed by atoms with Crippen LogP contribution in [0.15, 0.2) is 24.5 Å². The number of hydrogen-bond acceptors (Lipinski definition) is 4. The summed E-state index contributed by atoms with van der Waals surface area (Å²) < 4.78 is 5.48. The predicted octanol–water partition coefficient (Wildman–Crippen LogP) is 1.64. The standard InChI is InChI=1S/C16H25N3O/c1-3-14(13-17-4-1)15-11-16(12-15)18-5-7-19-6-2-9-20-10-8-19/h1,3-4,13,15-16,18H,2,5-12H2. The van der Waals surface area contributed by atoms with Gasteiger partial charge in [0, 0.05) is 51.2 Å². The lowest BCUT2D eigenvalue weighted by atomic mass is 9.76. The summed E-state index contributed by atoms with van der Waals surface area (Å²) in [5.41, 5.74) is 1.40. The van der Waals surface area contributed by atoms with Gasteiger partial charge in [-0.25, -0.2) is 0 Å². The number of nitrogens with one attached hydrogen (secondary N) is 1. The Bertz CT molecular complexity index is 384. The summed E-state index contributed by atoms with van der Waals surface area (Å²) in [6.07, 6.45) is 7.55. The topological polar surface area (TPSA) is 37.4 Å². The van der Waals surface area contributed by atoms with Gasteiger partial charge < -0.3 is 10.1 Å². The summed E-state index contributed by atoms with van der Waals surface area (Å²) in [7, 11) is 0. The van der Waals surface area contributed by atoms with E-state index in [4.69, 9.17) is 4.74 Å². The average Bonchev–Trinajstić information content (AvgIpc) is 2.71. The minimum Gasteiger partial charge on any atom is -0.380 e. The number of nitrogens with zero attached hydrogens (tertiary/aromatic N) is 2. The molecule has 0 spiro atoms. The Hall–Kier alpha value is -0.970. The summed E-state index contributed by atoms with van der Waals surface area (Å²) in [6.45, 7) is 6.35. The average molecular weight is 275 g/mol. The zero-order valence-electron chi connectivity index (χ0n) is 12.1. The van der Waals surface area contributed by atoms with E-state index in [-0.39, 0.29) is 0 Å². The summed E-state index contributed by atoms with van der Waals surface area (Å²) in [4.78, 5) is 6.72. The number of aromatic nitrogens is 1. The second-order valence-electron chi connectivity index (χ2n) is 5.91. The molecule has 1 aliphatic heterocycles. The van der Waals surface area contributed by atoms with Crippen LogP contribution in [-0.4, -0.2) is 55.3 Å². The molecule has 110 valence electrons. The molecule has 2 aliphatic rings. The van der Waals surface area contributed by atoms with Gasteiger partial charge in [-0.3, -0.25) is 9.88 Å². The Morgan fingerprint density at radius 3 is 3.10 bits per heavy atom. The third kappa shape index (κ3) is 3.78. The fourth-order valence-electron chi connectivity index (χ4n) is 3.12. The van der Waals surface area contributed by atoms with Crippen molar-refractivity contribution in [3.05, 3.63) is 30.1 Å². The molecule has 3 rings (SSSR count). The Morgan fingerprint density at radius 2 is 2.25 bits per heavy atom. The largest absolute Gasteiger partial charge is 0.380 e. The van der Waals surface area contributed by atoms with Crippen molar-refractivity contribution in [3.63, 3.8) is 0 Å². The fourth-order valence-corrected chi connectivity index (χ4v) is 3.12. The third-order valence-corrected chi connectivity index (χ3v) is 4.47. The first-order valence-electron chi connectivity index (χ1n) is 7.85. The van der Waals surface area contributed by atoms with E-state index in [1.165, 1.54) is 31.4 Å². The van der Waals surface area contributed by atoms with Gasteiger partial charge in [-0.05, 0) is 36.8 Å². The summed E-state index contributed by atoms with van der Waals surface area (Å²) in [6, 6.07) is 4.94. The molecule has 1 aliphatic carbocycles. The number of rotatable bonds is 5. The lowest BCUT2D eigenvalue weighted by Gasteiger charge is -2.36. The smallest absolute Gasteiger partial charge is 0.0593 e. The Kier molecular flexibility index (Phi) is 5.01. The van der Waals surface area contributed by atoms with Crippen LogP contribution in [0.5, 0.6) is 0 Å². The molecule has 1 aromatic rings. The first kappa shape index (κ1) is 14.0. The van der Waals surface area contributed by atoms with Crippen molar-refractivity contribution in [2.75, 3.05) is 39.4 Å². The first-order chi connectivity index (χ1) is 9.92. The van der Waals surface area contributed by atoms with Crippen LogP contribution in [0.25, 0.3) is 0 Å². The zero-order chi connectivity index (χ0) is 13.6. The highest BCUT2D eigenvalue weighted by molar-refractivity contribution is 5.18. The number of pyridine rings is 1. The lowest BCUT2D eigenvalue weighted by molar-refractivity contribution is 0.141. The van der Waals surface area contributed by atoms with Gasteiger partial charge in [0.1, 0.15) is 0 Å². The highest BCUT2D eigenvalue weighted by Crippen LogP contribution is 2.36. The van der Waals surface area contributed by atoms with Gasteiger partial charge >= 0.3 is 0 Å². The molecule has 4 nitrogen and oxygen atoms in total. The minimum absolute atomic E-state index is 0.698. The number of ether oxygens (including phenoxy) is 1. The van der Waals surface area contributed by atoms with Gasteiger partial charge in [-0.1, -0.05) is 6.07 Å². The van der Waals surface area contributed by atoms with Crippen molar-refractivity contribution < 1.29 is 4.74 Å². The molecule has 0 aromatic carbocycles. The van der Waals surface area contributed by atoms with Crippen LogP contribution >= 0.6 is 0 Å². The Labute approximate surface area is 121 Å². The van der Waals surface area contributed by atoms with Crippen molar-refractivity contribution in [3.8, 4) is 0 Å². The zero-order valence-corrected chi connectivity index (χ0v) is 12.1. The molecule has 0 radical (unpaired) electrons. The van der Waals surface area contributed by atoms with Crippen LogP contribution in [0, 0.1) is 0 Å². The monoisotopic (exact) mass is 275 g/mol. The third-order valence-electron chi connectivity index (χ3n) is 4.47. The molecule has 1 saturated carbocycles. The van der Waals surface area contributed by atoms with Crippen LogP contribution in [0.1, 0.15) is 30.7 Å². The van der Waals surface area contributed by atoms with Gasteiger partial charge in [0.25, 0.3) is 0 Å². The van der Waals surface area contributed by atoms with E-state index in [2.05, 4.69) is 21.3 Å². The van der Waals surface area contributed by atoms with Crippen molar-refractivity contribution in [1.82, 2.24) is 15.2 Å². The number of hydrogen-bond donors (Lipinski definition) is 1. The van der Waals surface area contributed by atoms with E-state index in [0.29, 0.717) is 12.0 Å². The molecule has 0 amide bonds. The quantitative estimate of drug-likeness (QED) is 0.886. The van der Waals surface area contributed by atoms with Crippen molar-refractivity contribution in [2.24, 2.45) is 0 Å². The molecule has 20 heavy (non-hydrogen) atoms. The highest BCUT2D eigenvalue weighted by atomic mass is 16.5. The van der Waals surface area contributed by atoms with Crippen LogP contribution in [0.4, 0.5) is 0 Å². The molecule has 1 N–H and O–H groups in total. The molecular formula is C16H25N3O. The normalized spacial score (nSPS) is 27.8. The Balaban J connectivity index is 1.31. The molecule has 0 atom stereocenters. The molecule has 0 unspecified atom stereocenters. The Morgan fingerprint density at radius 1 is 1.30 bits per heavy atom. The van der Waals surface area contributed by atoms with Crippen LogP contribution in [-0.2, 0) is 4.74 Å². The molecule has 2 heterocycles. The van der Waals surface area contributed by atoms with E-state index in [0.717, 1.165) is 32.8 Å².